The van der Waals surface area contributed by atoms with Gasteiger partial charge in [-0.1, -0.05) is 19.9 Å². The van der Waals surface area contributed by atoms with Crippen molar-refractivity contribution in [1.29, 1.82) is 0 Å². The van der Waals surface area contributed by atoms with Crippen molar-refractivity contribution in [2.24, 2.45) is 5.92 Å². The Balaban J connectivity index is 1.52. The van der Waals surface area contributed by atoms with Crippen molar-refractivity contribution in [1.82, 2.24) is 19.8 Å². The summed E-state index contributed by atoms with van der Waals surface area (Å²) in [5.74, 6) is -0.557. The molecule has 0 bridgehead atoms. The van der Waals surface area contributed by atoms with Crippen molar-refractivity contribution in [3.63, 3.8) is 0 Å². The highest BCUT2D eigenvalue weighted by atomic mass is 19.4. The predicted molar refractivity (Wildman–Crippen MR) is 126 cm³/mol. The third-order valence-electron chi connectivity index (χ3n) is 6.91. The zero-order valence-corrected chi connectivity index (χ0v) is 20.1. The van der Waals surface area contributed by atoms with Crippen LogP contribution in [0.1, 0.15) is 58.2 Å². The van der Waals surface area contributed by atoms with Gasteiger partial charge in [-0.25, -0.2) is 4.98 Å². The first-order chi connectivity index (χ1) is 17.0. The lowest BCUT2D eigenvalue weighted by Crippen LogP contribution is -2.46. The minimum Gasteiger partial charge on any atom is -0.383 e. The molecule has 8 nitrogen and oxygen atoms in total. The molecule has 3 aromatic rings. The second kappa shape index (κ2) is 8.51. The van der Waals surface area contributed by atoms with E-state index in [4.69, 9.17) is 10.5 Å². The summed E-state index contributed by atoms with van der Waals surface area (Å²) < 4.78 is 45.7. The quantitative estimate of drug-likeness (QED) is 0.565. The number of carbonyl (C=O) groups excluding carboxylic acids is 2. The van der Waals surface area contributed by atoms with E-state index in [0.29, 0.717) is 41.2 Å². The van der Waals surface area contributed by atoms with Gasteiger partial charge in [0.05, 0.1) is 35.9 Å². The number of carbonyl (C=O) groups is 2. The molecule has 11 heteroatoms. The number of pyridine rings is 1. The Labute approximate surface area is 205 Å². The zero-order chi connectivity index (χ0) is 25.9. The molecule has 0 aliphatic carbocycles. The van der Waals surface area contributed by atoms with Gasteiger partial charge in [0.25, 0.3) is 5.91 Å². The van der Waals surface area contributed by atoms with Crippen LogP contribution in [0.25, 0.3) is 11.0 Å². The van der Waals surface area contributed by atoms with Crippen molar-refractivity contribution in [2.45, 2.75) is 45.8 Å². The number of H-pyrrole nitrogens is 1. The van der Waals surface area contributed by atoms with E-state index in [2.05, 4.69) is 9.97 Å². The van der Waals surface area contributed by atoms with E-state index in [1.54, 1.807) is 27.0 Å². The van der Waals surface area contributed by atoms with Crippen molar-refractivity contribution in [3.8, 4) is 0 Å². The maximum absolute atomic E-state index is 13.6. The monoisotopic (exact) mass is 501 g/mol. The molecule has 2 aliphatic rings. The van der Waals surface area contributed by atoms with Gasteiger partial charge < -0.3 is 25.3 Å². The molecule has 0 radical (unpaired) electrons. The van der Waals surface area contributed by atoms with E-state index >= 15 is 0 Å². The van der Waals surface area contributed by atoms with Crippen LogP contribution in [-0.2, 0) is 35.5 Å². The fraction of sp³-hybridized carbons (Fsp3) is 0.400. The molecule has 0 saturated carbocycles. The van der Waals surface area contributed by atoms with Crippen molar-refractivity contribution >= 4 is 28.7 Å². The van der Waals surface area contributed by atoms with Crippen LogP contribution in [0, 0.1) is 5.92 Å². The lowest BCUT2D eigenvalue weighted by atomic mass is 9.91. The van der Waals surface area contributed by atoms with E-state index in [1.807, 2.05) is 0 Å². The number of likely N-dealkylation sites (N-methyl/N-ethyl adjacent to an activating group) is 1. The topological polar surface area (TPSA) is 105 Å². The van der Waals surface area contributed by atoms with Gasteiger partial charge in [-0.05, 0) is 29.3 Å². The van der Waals surface area contributed by atoms with Crippen LogP contribution in [0.5, 0.6) is 0 Å². The highest BCUT2D eigenvalue weighted by Gasteiger charge is 2.37. The molecule has 4 heterocycles. The second-order valence-electron chi connectivity index (χ2n) is 9.61. The van der Waals surface area contributed by atoms with Crippen LogP contribution in [0.4, 0.5) is 19.0 Å². The van der Waals surface area contributed by atoms with Crippen LogP contribution in [0.3, 0.4) is 0 Å². The Hall–Kier alpha value is -3.60. The van der Waals surface area contributed by atoms with Crippen molar-refractivity contribution in [3.05, 3.63) is 57.8 Å². The Morgan fingerprint density at radius 1 is 1.22 bits per heavy atom. The number of halogens is 3. The number of ether oxygens (including phenoxy) is 1. The van der Waals surface area contributed by atoms with Crippen molar-refractivity contribution in [2.75, 3.05) is 19.3 Å². The van der Waals surface area contributed by atoms with E-state index < -0.39 is 17.8 Å². The number of fused-ring (bicyclic) bond motifs is 4. The molecule has 2 aliphatic heterocycles. The summed E-state index contributed by atoms with van der Waals surface area (Å²) in [6.07, 6.45) is -4.51. The van der Waals surface area contributed by atoms with E-state index in [0.717, 1.165) is 23.3 Å². The summed E-state index contributed by atoms with van der Waals surface area (Å²) >= 11 is 0. The van der Waals surface area contributed by atoms with Gasteiger partial charge in [0.2, 0.25) is 5.91 Å². The molecule has 0 unspecified atom stereocenters. The van der Waals surface area contributed by atoms with E-state index in [1.165, 1.54) is 15.9 Å². The molecule has 5 rings (SSSR count). The molecular formula is C25H26F3N5O3. The number of nitrogens with zero attached hydrogens (tertiary/aromatic N) is 3. The lowest BCUT2D eigenvalue weighted by molar-refractivity contribution is -0.137. The number of aromatic nitrogens is 2. The van der Waals surface area contributed by atoms with Crippen LogP contribution in [-0.4, -0.2) is 45.2 Å². The number of nitrogen functional groups attached to an aromatic ring is 1. The van der Waals surface area contributed by atoms with Crippen LogP contribution in [0.15, 0.2) is 24.3 Å². The minimum absolute atomic E-state index is 0.0521. The van der Waals surface area contributed by atoms with Gasteiger partial charge in [0.15, 0.2) is 0 Å². The number of anilines is 1. The number of benzene rings is 1. The number of amides is 2. The summed E-state index contributed by atoms with van der Waals surface area (Å²) in [6.45, 7) is 4.40. The first-order valence-electron chi connectivity index (χ1n) is 11.6. The highest BCUT2D eigenvalue weighted by molar-refractivity contribution is 5.98. The number of aromatic amines is 1. The smallest absolute Gasteiger partial charge is 0.383 e. The molecule has 1 atom stereocenters. The second-order valence-corrected chi connectivity index (χ2v) is 9.61. The zero-order valence-electron chi connectivity index (χ0n) is 20.1. The Morgan fingerprint density at radius 2 is 1.94 bits per heavy atom. The van der Waals surface area contributed by atoms with Gasteiger partial charge in [-0.15, -0.1) is 0 Å². The molecule has 0 saturated heterocycles. The highest BCUT2D eigenvalue weighted by Crippen LogP contribution is 2.37. The first-order valence-corrected chi connectivity index (χ1v) is 11.6. The van der Waals surface area contributed by atoms with Crippen LogP contribution >= 0.6 is 0 Å². The molecule has 3 N–H and O–H groups in total. The van der Waals surface area contributed by atoms with Gasteiger partial charge in [-0.2, -0.15) is 13.2 Å². The Bertz CT molecular complexity index is 1380. The number of hydrogen-bond donors (Lipinski definition) is 2. The van der Waals surface area contributed by atoms with Gasteiger partial charge in [0, 0.05) is 37.2 Å². The summed E-state index contributed by atoms with van der Waals surface area (Å²) in [6, 6.07) is 4.46. The molecule has 36 heavy (non-hydrogen) atoms. The average Bonchev–Trinajstić information content (AvgIpc) is 3.48. The number of nitrogens with two attached hydrogens (primary N) is 1. The van der Waals surface area contributed by atoms with Crippen LogP contribution < -0.4 is 5.73 Å². The van der Waals surface area contributed by atoms with E-state index in [-0.39, 0.29) is 36.5 Å². The third-order valence-corrected chi connectivity index (χ3v) is 6.91. The fourth-order valence-electron chi connectivity index (χ4n) is 4.97. The first kappa shape index (κ1) is 24.1. The summed E-state index contributed by atoms with van der Waals surface area (Å²) in [5.41, 5.74) is 9.33. The lowest BCUT2D eigenvalue weighted by Gasteiger charge is -2.40. The Kier molecular flexibility index (Phi) is 5.70. The number of nitrogens with one attached hydrogen (secondary N) is 1. The SMILES string of the molecule is CC(C)C(=O)N1Cc2cc(C(F)(F)F)ccc2[C@H](N(C)C(=O)c2cc3nc(N)c4c(c3[nH]2)COC4)C1. The predicted octanol–water partition coefficient (Wildman–Crippen LogP) is 4.01. The molecular weight excluding hydrogens is 475 g/mol. The maximum Gasteiger partial charge on any atom is 0.416 e. The summed E-state index contributed by atoms with van der Waals surface area (Å²) in [5, 5.41) is 0. The van der Waals surface area contributed by atoms with Gasteiger partial charge >= 0.3 is 6.18 Å². The summed E-state index contributed by atoms with van der Waals surface area (Å²) in [4.78, 5) is 36.9. The molecule has 0 fully saturated rings. The van der Waals surface area contributed by atoms with Gasteiger partial charge in [0.1, 0.15) is 11.5 Å². The van der Waals surface area contributed by atoms with Gasteiger partial charge in [-0.3, -0.25) is 9.59 Å². The maximum atomic E-state index is 13.6. The summed E-state index contributed by atoms with van der Waals surface area (Å²) in [7, 11) is 1.58. The average molecular weight is 502 g/mol. The third kappa shape index (κ3) is 3.97. The van der Waals surface area contributed by atoms with Crippen LogP contribution in [0.2, 0.25) is 0 Å². The normalized spacial score (nSPS) is 17.4. The fourth-order valence-corrected chi connectivity index (χ4v) is 4.97. The molecule has 2 amide bonds. The minimum atomic E-state index is -4.51. The molecule has 1 aromatic carbocycles. The Morgan fingerprint density at radius 3 is 2.64 bits per heavy atom. The standard InChI is InChI=1S/C25H26F3N5O3/c1-12(2)23(34)33-8-13-6-14(25(26,27)28)4-5-15(13)20(9-33)32(3)24(35)19-7-18-21(30-19)16-10-36-11-17(16)22(29)31-18/h4-7,12,20,30H,8-11H2,1-3H3,(H2,29,31)/t20-/m1/s1. The molecule has 0 spiro atoms. The number of hydrogen-bond acceptors (Lipinski definition) is 5. The van der Waals surface area contributed by atoms with Crippen molar-refractivity contribution < 1.29 is 27.5 Å². The number of rotatable bonds is 3. The number of alkyl halides is 3. The van der Waals surface area contributed by atoms with E-state index in [9.17, 15) is 22.8 Å². The molecule has 190 valence electrons. The molecule has 2 aromatic heterocycles. The largest absolute Gasteiger partial charge is 0.416 e.